The number of amides is 2. The van der Waals surface area contributed by atoms with E-state index in [0.29, 0.717) is 6.04 Å². The molecule has 174 valence electrons. The van der Waals surface area contributed by atoms with Gasteiger partial charge in [0.1, 0.15) is 6.10 Å². The van der Waals surface area contributed by atoms with Gasteiger partial charge in [-0.2, -0.15) is 5.06 Å². The first kappa shape index (κ1) is 24.1. The quantitative estimate of drug-likeness (QED) is 0.549. The first-order chi connectivity index (χ1) is 14.8. The van der Waals surface area contributed by atoms with Crippen LogP contribution in [0.1, 0.15) is 104 Å². The van der Waals surface area contributed by atoms with E-state index in [2.05, 4.69) is 74.6 Å². The Morgan fingerprint density at radius 3 is 2.26 bits per heavy atom. The highest BCUT2D eigenvalue weighted by Gasteiger charge is 2.50. The predicted octanol–water partition coefficient (Wildman–Crippen LogP) is 6.11. The average molecular weight is 430 g/mol. The maximum absolute atomic E-state index is 12.8. The van der Waals surface area contributed by atoms with E-state index in [4.69, 9.17) is 4.84 Å². The van der Waals surface area contributed by atoms with Crippen molar-refractivity contribution in [2.24, 2.45) is 0 Å². The first-order valence-electron chi connectivity index (χ1n) is 12.4. The summed E-state index contributed by atoms with van der Waals surface area (Å²) in [6.45, 7) is 11.1. The zero-order chi connectivity index (χ0) is 22.5. The van der Waals surface area contributed by atoms with Gasteiger partial charge in [0.05, 0.1) is 0 Å². The lowest BCUT2D eigenvalue weighted by molar-refractivity contribution is -0.316. The van der Waals surface area contributed by atoms with Gasteiger partial charge in [0.25, 0.3) is 0 Å². The number of rotatable bonds is 7. The first-order valence-corrected chi connectivity index (χ1v) is 12.4. The van der Waals surface area contributed by atoms with Crippen molar-refractivity contribution >= 4 is 6.03 Å². The topological polar surface area (TPSA) is 53.6 Å². The van der Waals surface area contributed by atoms with E-state index < -0.39 is 0 Å². The molecule has 5 nitrogen and oxygen atoms in total. The lowest BCUT2D eigenvalue weighted by atomic mass is 9.74. The van der Waals surface area contributed by atoms with E-state index >= 15 is 0 Å². The van der Waals surface area contributed by atoms with Crippen molar-refractivity contribution in [1.82, 2.24) is 15.7 Å². The summed E-state index contributed by atoms with van der Waals surface area (Å²) in [5.41, 5.74) is 0.899. The molecule has 1 aromatic rings. The van der Waals surface area contributed by atoms with Crippen molar-refractivity contribution < 1.29 is 9.63 Å². The molecule has 2 fully saturated rings. The minimum Gasteiger partial charge on any atom is -0.335 e. The highest BCUT2D eigenvalue weighted by atomic mass is 16.7. The van der Waals surface area contributed by atoms with Crippen LogP contribution in [0.5, 0.6) is 0 Å². The molecule has 1 aliphatic heterocycles. The van der Waals surface area contributed by atoms with E-state index in [1.165, 1.54) is 24.8 Å². The van der Waals surface area contributed by atoms with E-state index in [1.54, 1.807) is 0 Å². The fourth-order valence-corrected chi connectivity index (χ4v) is 5.73. The second-order valence-electron chi connectivity index (χ2n) is 10.3. The van der Waals surface area contributed by atoms with Gasteiger partial charge < -0.3 is 10.6 Å². The molecule has 0 bridgehead atoms. The number of hydroxylamine groups is 2. The number of carbonyl (C=O) groups excluding carboxylic acids is 1. The summed E-state index contributed by atoms with van der Waals surface area (Å²) in [4.78, 5) is 19.4. The SMILES string of the molecule is CCC1(CC)CC(NC(=O)NC2CCCCC2)CC(C)(C)N1OC(C)c1ccccc1. The number of nitrogens with zero attached hydrogens (tertiary/aromatic N) is 1. The van der Waals surface area contributed by atoms with Gasteiger partial charge in [0, 0.05) is 23.2 Å². The van der Waals surface area contributed by atoms with Gasteiger partial charge in [0.2, 0.25) is 0 Å². The zero-order valence-electron chi connectivity index (χ0n) is 20.2. The number of benzene rings is 1. The van der Waals surface area contributed by atoms with Gasteiger partial charge in [-0.05, 0) is 64.9 Å². The van der Waals surface area contributed by atoms with Crippen LogP contribution in [0, 0.1) is 0 Å². The molecular formula is C26H43N3O2. The Balaban J connectivity index is 1.70. The molecule has 0 aromatic heterocycles. The second kappa shape index (κ2) is 10.4. The number of hydrogen-bond acceptors (Lipinski definition) is 3. The second-order valence-corrected chi connectivity index (χ2v) is 10.3. The summed E-state index contributed by atoms with van der Waals surface area (Å²) in [5.74, 6) is 0. The zero-order valence-corrected chi connectivity index (χ0v) is 20.2. The highest BCUT2D eigenvalue weighted by molar-refractivity contribution is 5.74. The molecule has 2 aliphatic rings. The summed E-state index contributed by atoms with van der Waals surface area (Å²) in [5, 5.41) is 8.82. The maximum Gasteiger partial charge on any atom is 0.315 e. The molecule has 1 saturated heterocycles. The fraction of sp³-hybridized carbons (Fsp3) is 0.731. The number of urea groups is 1. The largest absolute Gasteiger partial charge is 0.335 e. The monoisotopic (exact) mass is 429 g/mol. The van der Waals surface area contributed by atoms with Crippen molar-refractivity contribution in [3.8, 4) is 0 Å². The van der Waals surface area contributed by atoms with Crippen molar-refractivity contribution in [1.29, 1.82) is 0 Å². The lowest BCUT2D eigenvalue weighted by Gasteiger charge is -2.57. The lowest BCUT2D eigenvalue weighted by Crippen LogP contribution is -2.66. The summed E-state index contributed by atoms with van der Waals surface area (Å²) in [7, 11) is 0. The molecular weight excluding hydrogens is 386 g/mol. The number of nitrogens with one attached hydrogen (secondary N) is 2. The summed E-state index contributed by atoms with van der Waals surface area (Å²) < 4.78 is 0. The van der Waals surface area contributed by atoms with Crippen molar-refractivity contribution in [3.05, 3.63) is 35.9 Å². The number of hydrogen-bond donors (Lipinski definition) is 2. The standard InChI is InChI=1S/C26H43N3O2/c1-6-26(7-2)19-23(28-24(30)27-22-16-12-9-13-17-22)18-25(4,5)29(26)31-20(3)21-14-10-8-11-15-21/h8,10-11,14-15,20,22-23H,6-7,9,12-13,16-19H2,1-5H3,(H2,27,28,30). The van der Waals surface area contributed by atoms with Gasteiger partial charge in [-0.15, -0.1) is 0 Å². The van der Waals surface area contributed by atoms with Crippen molar-refractivity contribution in [2.75, 3.05) is 0 Å². The molecule has 2 unspecified atom stereocenters. The van der Waals surface area contributed by atoms with Gasteiger partial charge in [-0.3, -0.25) is 4.84 Å². The number of piperidine rings is 1. The van der Waals surface area contributed by atoms with Crippen LogP contribution >= 0.6 is 0 Å². The van der Waals surface area contributed by atoms with Crippen molar-refractivity contribution in [2.45, 2.75) is 122 Å². The van der Waals surface area contributed by atoms with Crippen LogP contribution in [0.25, 0.3) is 0 Å². The summed E-state index contributed by atoms with van der Waals surface area (Å²) in [6, 6.07) is 10.9. The Morgan fingerprint density at radius 2 is 1.65 bits per heavy atom. The van der Waals surface area contributed by atoms with Crippen molar-refractivity contribution in [3.63, 3.8) is 0 Å². The smallest absolute Gasteiger partial charge is 0.315 e. The van der Waals surface area contributed by atoms with E-state index in [9.17, 15) is 4.79 Å². The molecule has 2 atom stereocenters. The molecule has 3 rings (SSSR count). The van der Waals surface area contributed by atoms with Crippen LogP contribution in [0.2, 0.25) is 0 Å². The van der Waals surface area contributed by atoms with Gasteiger partial charge in [0.15, 0.2) is 0 Å². The van der Waals surface area contributed by atoms with E-state index in [0.717, 1.165) is 38.5 Å². The normalized spacial score (nSPS) is 25.0. The Kier molecular flexibility index (Phi) is 8.03. The fourth-order valence-electron chi connectivity index (χ4n) is 5.73. The van der Waals surface area contributed by atoms with E-state index in [-0.39, 0.29) is 29.3 Å². The molecule has 2 N–H and O–H groups in total. The molecule has 2 amide bonds. The predicted molar refractivity (Wildman–Crippen MR) is 127 cm³/mol. The van der Waals surface area contributed by atoms with Crippen LogP contribution in [0.4, 0.5) is 4.79 Å². The highest BCUT2D eigenvalue weighted by Crippen LogP contribution is 2.44. The third kappa shape index (κ3) is 5.81. The Bertz CT molecular complexity index is 696. The van der Waals surface area contributed by atoms with Crippen LogP contribution in [0.3, 0.4) is 0 Å². The molecule has 1 aliphatic carbocycles. The Labute approximate surface area is 189 Å². The average Bonchev–Trinajstić information content (AvgIpc) is 2.76. The summed E-state index contributed by atoms with van der Waals surface area (Å²) >= 11 is 0. The Hall–Kier alpha value is -1.59. The molecule has 5 heteroatoms. The van der Waals surface area contributed by atoms with Gasteiger partial charge in [-0.1, -0.05) is 63.4 Å². The minimum atomic E-state index is -0.184. The molecule has 1 saturated carbocycles. The molecule has 0 spiro atoms. The molecule has 1 heterocycles. The maximum atomic E-state index is 12.8. The van der Waals surface area contributed by atoms with Crippen LogP contribution in [-0.4, -0.2) is 34.3 Å². The third-order valence-corrected chi connectivity index (χ3v) is 7.48. The summed E-state index contributed by atoms with van der Waals surface area (Å²) in [6.07, 6.45) is 9.68. The molecule has 1 aromatic carbocycles. The van der Waals surface area contributed by atoms with Gasteiger partial charge in [-0.25, -0.2) is 4.79 Å². The minimum absolute atomic E-state index is 0.000767. The molecule has 0 radical (unpaired) electrons. The number of carbonyl (C=O) groups is 1. The van der Waals surface area contributed by atoms with Crippen LogP contribution in [0.15, 0.2) is 30.3 Å². The van der Waals surface area contributed by atoms with Crippen LogP contribution in [-0.2, 0) is 4.84 Å². The van der Waals surface area contributed by atoms with Crippen LogP contribution < -0.4 is 10.6 Å². The Morgan fingerprint density at radius 1 is 1.03 bits per heavy atom. The van der Waals surface area contributed by atoms with Gasteiger partial charge >= 0.3 is 6.03 Å². The van der Waals surface area contributed by atoms with E-state index in [1.807, 2.05) is 6.07 Å². The molecule has 31 heavy (non-hydrogen) atoms. The third-order valence-electron chi connectivity index (χ3n) is 7.48.